The first-order valence-electron chi connectivity index (χ1n) is 5.43. The van der Waals surface area contributed by atoms with Crippen LogP contribution in [0.15, 0.2) is 0 Å². The Balaban J connectivity index is 1.97. The van der Waals surface area contributed by atoms with E-state index in [1.807, 2.05) is 0 Å². The number of nitrogens with zero attached hydrogens (tertiary/aromatic N) is 1. The SMILES string of the molecule is CC(C)(C)[C@H]1CN2CCC[C@H]2CO1. The molecular weight excluding hydrogens is 162 g/mol. The van der Waals surface area contributed by atoms with Crippen LogP contribution in [0.4, 0.5) is 0 Å². The fourth-order valence-corrected chi connectivity index (χ4v) is 2.34. The zero-order valence-corrected chi connectivity index (χ0v) is 9.05. The fourth-order valence-electron chi connectivity index (χ4n) is 2.34. The van der Waals surface area contributed by atoms with Crippen molar-refractivity contribution in [3.05, 3.63) is 0 Å². The summed E-state index contributed by atoms with van der Waals surface area (Å²) >= 11 is 0. The van der Waals surface area contributed by atoms with Gasteiger partial charge in [0.1, 0.15) is 0 Å². The number of morpholine rings is 1. The molecule has 2 aliphatic heterocycles. The highest BCUT2D eigenvalue weighted by Gasteiger charge is 2.37. The van der Waals surface area contributed by atoms with Crippen LogP contribution in [0.3, 0.4) is 0 Å². The molecule has 2 heteroatoms. The Morgan fingerprint density at radius 1 is 1.31 bits per heavy atom. The fraction of sp³-hybridized carbons (Fsp3) is 1.00. The Hall–Kier alpha value is -0.0800. The lowest BCUT2D eigenvalue weighted by Gasteiger charge is -2.41. The third-order valence-electron chi connectivity index (χ3n) is 3.36. The highest BCUT2D eigenvalue weighted by Crippen LogP contribution is 2.30. The van der Waals surface area contributed by atoms with Crippen molar-refractivity contribution in [2.45, 2.75) is 45.8 Å². The van der Waals surface area contributed by atoms with Gasteiger partial charge in [-0.05, 0) is 24.8 Å². The normalized spacial score (nSPS) is 36.2. The molecule has 0 unspecified atom stereocenters. The maximum absolute atomic E-state index is 5.91. The van der Waals surface area contributed by atoms with E-state index in [4.69, 9.17) is 4.74 Å². The van der Waals surface area contributed by atoms with Gasteiger partial charge in [-0.3, -0.25) is 4.90 Å². The monoisotopic (exact) mass is 183 g/mol. The summed E-state index contributed by atoms with van der Waals surface area (Å²) in [6.07, 6.45) is 3.14. The van der Waals surface area contributed by atoms with Gasteiger partial charge in [0.2, 0.25) is 0 Å². The number of hydrogen-bond acceptors (Lipinski definition) is 2. The zero-order valence-electron chi connectivity index (χ0n) is 9.05. The minimum Gasteiger partial charge on any atom is -0.375 e. The molecule has 2 aliphatic rings. The van der Waals surface area contributed by atoms with Crippen LogP contribution < -0.4 is 0 Å². The molecule has 0 aliphatic carbocycles. The second-order valence-electron chi connectivity index (χ2n) is 5.48. The lowest BCUT2D eigenvalue weighted by atomic mass is 9.87. The van der Waals surface area contributed by atoms with Gasteiger partial charge < -0.3 is 4.74 Å². The van der Waals surface area contributed by atoms with Gasteiger partial charge in [-0.25, -0.2) is 0 Å². The van der Waals surface area contributed by atoms with Gasteiger partial charge in [0.15, 0.2) is 0 Å². The highest BCUT2D eigenvalue weighted by atomic mass is 16.5. The summed E-state index contributed by atoms with van der Waals surface area (Å²) in [5.74, 6) is 0. The summed E-state index contributed by atoms with van der Waals surface area (Å²) < 4.78 is 5.91. The van der Waals surface area contributed by atoms with Crippen molar-refractivity contribution in [1.29, 1.82) is 0 Å². The number of fused-ring (bicyclic) bond motifs is 1. The molecule has 2 fully saturated rings. The number of hydrogen-bond donors (Lipinski definition) is 0. The molecule has 2 saturated heterocycles. The third-order valence-corrected chi connectivity index (χ3v) is 3.36. The van der Waals surface area contributed by atoms with Gasteiger partial charge in [0, 0.05) is 12.6 Å². The molecule has 0 aromatic heterocycles. The van der Waals surface area contributed by atoms with Crippen LogP contribution in [0.2, 0.25) is 0 Å². The van der Waals surface area contributed by atoms with E-state index < -0.39 is 0 Å². The van der Waals surface area contributed by atoms with E-state index in [1.165, 1.54) is 19.4 Å². The average molecular weight is 183 g/mol. The number of rotatable bonds is 0. The van der Waals surface area contributed by atoms with E-state index >= 15 is 0 Å². The molecule has 0 aromatic carbocycles. The molecule has 0 spiro atoms. The van der Waals surface area contributed by atoms with Crippen LogP contribution in [0.5, 0.6) is 0 Å². The van der Waals surface area contributed by atoms with Crippen LogP contribution in [-0.2, 0) is 4.74 Å². The standard InChI is InChI=1S/C11H21NO/c1-11(2,3)10-7-12-6-4-5-9(12)8-13-10/h9-10H,4-8H2,1-3H3/t9-,10+/m0/s1. The highest BCUT2D eigenvalue weighted by molar-refractivity contribution is 4.89. The zero-order chi connectivity index (χ0) is 9.47. The van der Waals surface area contributed by atoms with Crippen LogP contribution in [0.1, 0.15) is 33.6 Å². The van der Waals surface area contributed by atoms with Gasteiger partial charge in [0.25, 0.3) is 0 Å². The molecule has 76 valence electrons. The van der Waals surface area contributed by atoms with E-state index in [1.54, 1.807) is 0 Å². The van der Waals surface area contributed by atoms with E-state index in [0.29, 0.717) is 11.5 Å². The van der Waals surface area contributed by atoms with Gasteiger partial charge >= 0.3 is 0 Å². The topological polar surface area (TPSA) is 12.5 Å². The quantitative estimate of drug-likeness (QED) is 0.568. The molecule has 0 aromatic rings. The minimum absolute atomic E-state index is 0.299. The molecule has 2 heterocycles. The van der Waals surface area contributed by atoms with Crippen molar-refractivity contribution < 1.29 is 4.74 Å². The minimum atomic E-state index is 0.299. The molecule has 2 rings (SSSR count). The predicted octanol–water partition coefficient (Wildman–Crippen LogP) is 1.90. The second kappa shape index (κ2) is 3.25. The van der Waals surface area contributed by atoms with E-state index in [9.17, 15) is 0 Å². The van der Waals surface area contributed by atoms with Crippen molar-refractivity contribution in [2.24, 2.45) is 5.41 Å². The van der Waals surface area contributed by atoms with Crippen molar-refractivity contribution in [3.8, 4) is 0 Å². The second-order valence-corrected chi connectivity index (χ2v) is 5.48. The molecular formula is C11H21NO. The maximum Gasteiger partial charge on any atom is 0.0751 e. The van der Waals surface area contributed by atoms with Crippen molar-refractivity contribution >= 4 is 0 Å². The van der Waals surface area contributed by atoms with E-state index in [0.717, 1.165) is 19.2 Å². The van der Waals surface area contributed by atoms with E-state index in [2.05, 4.69) is 25.7 Å². The molecule has 0 saturated carbocycles. The molecule has 0 N–H and O–H groups in total. The summed E-state index contributed by atoms with van der Waals surface area (Å²) in [4.78, 5) is 2.61. The molecule has 13 heavy (non-hydrogen) atoms. The lowest BCUT2D eigenvalue weighted by molar-refractivity contribution is -0.0948. The molecule has 2 nitrogen and oxygen atoms in total. The summed E-state index contributed by atoms with van der Waals surface area (Å²) in [6.45, 7) is 10.2. The predicted molar refractivity (Wildman–Crippen MR) is 53.8 cm³/mol. The van der Waals surface area contributed by atoms with Crippen molar-refractivity contribution in [1.82, 2.24) is 4.90 Å². The van der Waals surface area contributed by atoms with Gasteiger partial charge in [-0.1, -0.05) is 20.8 Å². The largest absolute Gasteiger partial charge is 0.375 e. The summed E-state index contributed by atoms with van der Waals surface area (Å²) in [6, 6.07) is 0.735. The molecule has 0 amide bonds. The first-order chi connectivity index (χ1) is 6.07. The smallest absolute Gasteiger partial charge is 0.0751 e. The average Bonchev–Trinajstić information content (AvgIpc) is 2.47. The molecule has 0 radical (unpaired) electrons. The van der Waals surface area contributed by atoms with Gasteiger partial charge in [-0.2, -0.15) is 0 Å². The third kappa shape index (κ3) is 1.89. The summed E-state index contributed by atoms with van der Waals surface area (Å²) in [7, 11) is 0. The Kier molecular flexibility index (Phi) is 2.37. The van der Waals surface area contributed by atoms with Crippen LogP contribution in [0.25, 0.3) is 0 Å². The van der Waals surface area contributed by atoms with Crippen LogP contribution in [0, 0.1) is 5.41 Å². The van der Waals surface area contributed by atoms with Crippen LogP contribution >= 0.6 is 0 Å². The van der Waals surface area contributed by atoms with Gasteiger partial charge in [-0.15, -0.1) is 0 Å². The lowest BCUT2D eigenvalue weighted by Crippen LogP contribution is -2.50. The van der Waals surface area contributed by atoms with Crippen molar-refractivity contribution in [3.63, 3.8) is 0 Å². The molecule has 2 atom stereocenters. The summed E-state index contributed by atoms with van der Waals surface area (Å²) in [5, 5.41) is 0. The Morgan fingerprint density at radius 2 is 2.08 bits per heavy atom. The molecule has 0 bridgehead atoms. The summed E-state index contributed by atoms with van der Waals surface area (Å²) in [5.41, 5.74) is 0.299. The Bertz CT molecular complexity index is 185. The Morgan fingerprint density at radius 3 is 2.77 bits per heavy atom. The van der Waals surface area contributed by atoms with Crippen LogP contribution in [-0.4, -0.2) is 36.7 Å². The maximum atomic E-state index is 5.91. The number of ether oxygens (including phenoxy) is 1. The van der Waals surface area contributed by atoms with Crippen molar-refractivity contribution in [2.75, 3.05) is 19.7 Å². The first kappa shape index (κ1) is 9.47. The van der Waals surface area contributed by atoms with Gasteiger partial charge in [0.05, 0.1) is 12.7 Å². The van der Waals surface area contributed by atoms with E-state index in [-0.39, 0.29) is 0 Å². The first-order valence-corrected chi connectivity index (χ1v) is 5.43. The Labute approximate surface area is 81.3 Å².